The Morgan fingerprint density at radius 3 is 1.07 bits per heavy atom. The Kier molecular flexibility index (Phi) is 12.7. The molecule has 0 aliphatic carbocycles. The van der Waals surface area contributed by atoms with E-state index in [2.05, 4.69) is 172 Å². The largest absolute Gasteiger partial charge is 0.426 e. The van der Waals surface area contributed by atoms with Gasteiger partial charge in [0.2, 0.25) is 16.6 Å². The summed E-state index contributed by atoms with van der Waals surface area (Å²) in [6.45, 7) is 9.31. The summed E-state index contributed by atoms with van der Waals surface area (Å²) < 4.78 is 15.7. The first-order valence-corrected chi connectivity index (χ1v) is 25.6. The summed E-state index contributed by atoms with van der Waals surface area (Å²) >= 11 is 0. The van der Waals surface area contributed by atoms with E-state index < -0.39 is 44.2 Å². The van der Waals surface area contributed by atoms with Crippen LogP contribution in [0.4, 0.5) is 0 Å². The minimum Gasteiger partial charge on any atom is -0.426 e. The number of hydrogen-bond acceptors (Lipinski definition) is 2. The highest BCUT2D eigenvalue weighted by Gasteiger charge is 2.52. The third-order valence-corrected chi connectivity index (χ3v) is 26.6. The van der Waals surface area contributed by atoms with Crippen LogP contribution in [0.15, 0.2) is 144 Å². The maximum Gasteiger partial charge on any atom is 0.386 e. The molecule has 0 heterocycles. The van der Waals surface area contributed by atoms with Crippen LogP contribution >= 0.6 is 0 Å². The molecule has 43 heavy (non-hydrogen) atoms. The van der Waals surface area contributed by atoms with Gasteiger partial charge in [0.15, 0.2) is 0 Å². The maximum absolute atomic E-state index is 7.86. The van der Waals surface area contributed by atoms with Crippen molar-refractivity contribution in [2.45, 2.75) is 51.9 Å². The van der Waals surface area contributed by atoms with Gasteiger partial charge in [-0.2, -0.15) is 0 Å². The molecule has 0 amide bonds. The first-order chi connectivity index (χ1) is 21.0. The predicted molar refractivity (Wildman–Crippen MR) is 201 cm³/mol. The third-order valence-electron chi connectivity index (χ3n) is 8.63. The topological polar surface area (TPSA) is 18.5 Å². The molecule has 0 aliphatic heterocycles. The van der Waals surface area contributed by atoms with Crippen molar-refractivity contribution >= 4 is 65.0 Å². The van der Waals surface area contributed by atoms with Gasteiger partial charge in [0.1, 0.15) is 0 Å². The first kappa shape index (κ1) is 33.3. The standard InChI is InChI=1S/C36H48O2Si5/c1-5-41(6-2,31-29-39-33-21-13-9-14-22-33)37-43(35-25-17-11-18-26-35,36-27-19-12-20-28-36)38-42(7-3,8-4)32-30-40-34-23-15-10-16-24-34/h9-32H,5-8,39-40H2,1-4H3. The Labute approximate surface area is 268 Å². The number of hydrogen-bond donors (Lipinski definition) is 0. The molecule has 224 valence electrons. The zero-order chi connectivity index (χ0) is 30.4. The van der Waals surface area contributed by atoms with Crippen LogP contribution in [0.5, 0.6) is 0 Å². The minimum absolute atomic E-state index is 0.517. The van der Waals surface area contributed by atoms with E-state index in [-0.39, 0.29) is 0 Å². The van der Waals surface area contributed by atoms with E-state index in [1.165, 1.54) is 20.7 Å². The lowest BCUT2D eigenvalue weighted by Crippen LogP contribution is -2.71. The summed E-state index contributed by atoms with van der Waals surface area (Å²) in [6.07, 6.45) is 0. The summed E-state index contributed by atoms with van der Waals surface area (Å²) in [5.41, 5.74) is 10.1. The summed E-state index contributed by atoms with van der Waals surface area (Å²) in [7, 11) is -8.76. The molecule has 0 saturated carbocycles. The molecule has 0 fully saturated rings. The number of benzene rings is 4. The molecule has 0 bridgehead atoms. The normalized spacial score (nSPS) is 13.3. The van der Waals surface area contributed by atoms with E-state index >= 15 is 0 Å². The van der Waals surface area contributed by atoms with Crippen molar-refractivity contribution in [1.82, 2.24) is 0 Å². The van der Waals surface area contributed by atoms with Crippen LogP contribution in [0.2, 0.25) is 24.2 Å². The van der Waals surface area contributed by atoms with E-state index in [4.69, 9.17) is 8.23 Å². The SMILES string of the molecule is CC[Si](C=C[SiH2]c1ccccc1)(CC)O[Si](O[Si](C=C[SiH2]c1ccccc1)(CC)CC)(c1ccccc1)c1ccccc1. The summed E-state index contributed by atoms with van der Waals surface area (Å²) in [6, 6.07) is 47.9. The van der Waals surface area contributed by atoms with Gasteiger partial charge in [-0.15, -0.1) is 11.4 Å². The Bertz CT molecular complexity index is 1290. The van der Waals surface area contributed by atoms with Gasteiger partial charge in [0, 0.05) is 0 Å². The average molecular weight is 653 g/mol. The zero-order valence-corrected chi connectivity index (χ0v) is 32.2. The van der Waals surface area contributed by atoms with Crippen molar-refractivity contribution in [3.05, 3.63) is 144 Å². The number of rotatable bonds is 16. The molecule has 2 nitrogen and oxygen atoms in total. The van der Waals surface area contributed by atoms with E-state index in [1.807, 2.05) is 0 Å². The molecule has 0 saturated heterocycles. The Hall–Kier alpha value is -2.64. The third kappa shape index (κ3) is 8.73. The predicted octanol–water partition coefficient (Wildman–Crippen LogP) is 5.34. The van der Waals surface area contributed by atoms with Crippen LogP contribution in [0.3, 0.4) is 0 Å². The van der Waals surface area contributed by atoms with Gasteiger partial charge in [0.25, 0.3) is 0 Å². The maximum atomic E-state index is 7.86. The summed E-state index contributed by atoms with van der Waals surface area (Å²) in [5, 5.41) is 5.38. The van der Waals surface area contributed by atoms with E-state index in [9.17, 15) is 0 Å². The Morgan fingerprint density at radius 2 is 0.767 bits per heavy atom. The molecular weight excluding hydrogens is 605 g/mol. The lowest BCUT2D eigenvalue weighted by molar-refractivity contribution is 0.406. The molecule has 0 radical (unpaired) electrons. The minimum atomic E-state index is -3.11. The van der Waals surface area contributed by atoms with Gasteiger partial charge < -0.3 is 8.23 Å². The highest BCUT2D eigenvalue weighted by atomic mass is 28.5. The van der Waals surface area contributed by atoms with Crippen molar-refractivity contribution in [3.8, 4) is 0 Å². The lowest BCUT2D eigenvalue weighted by Gasteiger charge is -2.45. The molecule has 0 atom stereocenters. The molecule has 0 aliphatic rings. The van der Waals surface area contributed by atoms with Crippen LogP contribution in [0, 0.1) is 0 Å². The Morgan fingerprint density at radius 1 is 0.465 bits per heavy atom. The fourth-order valence-electron chi connectivity index (χ4n) is 5.69. The molecule has 0 unspecified atom stereocenters. The molecular formula is C36H48O2Si5. The van der Waals surface area contributed by atoms with Gasteiger partial charge in [-0.1, -0.05) is 171 Å². The first-order valence-electron chi connectivity index (χ1n) is 16.0. The van der Waals surface area contributed by atoms with Crippen molar-refractivity contribution < 1.29 is 8.23 Å². The van der Waals surface area contributed by atoms with Crippen molar-refractivity contribution in [1.29, 1.82) is 0 Å². The van der Waals surface area contributed by atoms with Crippen molar-refractivity contribution in [3.63, 3.8) is 0 Å². The van der Waals surface area contributed by atoms with Gasteiger partial charge >= 0.3 is 8.56 Å². The van der Waals surface area contributed by atoms with Crippen LogP contribution in [0.25, 0.3) is 0 Å². The monoisotopic (exact) mass is 652 g/mol. The molecule has 4 rings (SSSR count). The lowest BCUT2D eigenvalue weighted by atomic mass is 10.4. The highest BCUT2D eigenvalue weighted by Crippen LogP contribution is 2.30. The van der Waals surface area contributed by atoms with Gasteiger partial charge in [-0.25, -0.2) is 0 Å². The molecule has 7 heteroatoms. The molecule has 0 aromatic heterocycles. The zero-order valence-electron chi connectivity index (χ0n) is 26.4. The van der Waals surface area contributed by atoms with Crippen LogP contribution in [0.1, 0.15) is 27.7 Å². The fourth-order valence-corrected chi connectivity index (χ4v) is 25.1. The second kappa shape index (κ2) is 16.4. The molecule has 0 N–H and O–H groups in total. The van der Waals surface area contributed by atoms with Gasteiger partial charge in [-0.05, 0) is 34.5 Å². The Balaban J connectivity index is 1.81. The van der Waals surface area contributed by atoms with Gasteiger partial charge in [-0.3, -0.25) is 0 Å². The smallest absolute Gasteiger partial charge is 0.386 e. The van der Waals surface area contributed by atoms with E-state index in [0.717, 1.165) is 24.2 Å². The second-order valence-electron chi connectivity index (χ2n) is 11.3. The average Bonchev–Trinajstić information content (AvgIpc) is 3.08. The highest BCUT2D eigenvalue weighted by molar-refractivity contribution is 7.04. The van der Waals surface area contributed by atoms with Crippen LogP contribution in [-0.4, -0.2) is 44.2 Å². The van der Waals surface area contributed by atoms with Crippen LogP contribution < -0.4 is 20.7 Å². The van der Waals surface area contributed by atoms with Crippen molar-refractivity contribution in [2.24, 2.45) is 0 Å². The van der Waals surface area contributed by atoms with E-state index in [1.54, 1.807) is 0 Å². The second-order valence-corrected chi connectivity index (χ2v) is 26.4. The quantitative estimate of drug-likeness (QED) is 0.152. The summed E-state index contributed by atoms with van der Waals surface area (Å²) in [5.74, 6) is 0. The van der Waals surface area contributed by atoms with Crippen molar-refractivity contribution in [2.75, 3.05) is 0 Å². The molecule has 4 aromatic rings. The van der Waals surface area contributed by atoms with E-state index in [0.29, 0.717) is 0 Å². The van der Waals surface area contributed by atoms with Crippen LogP contribution in [-0.2, 0) is 8.23 Å². The van der Waals surface area contributed by atoms with Gasteiger partial charge in [0.05, 0.1) is 19.0 Å². The summed E-state index contributed by atoms with van der Waals surface area (Å²) in [4.78, 5) is 0. The molecule has 0 spiro atoms. The molecule has 4 aromatic carbocycles. The fraction of sp³-hybridized carbons (Fsp3) is 0.222.